The van der Waals surface area contributed by atoms with E-state index in [1.807, 2.05) is 24.3 Å². The molecule has 1 aliphatic rings. The zero-order valence-corrected chi connectivity index (χ0v) is 12.4. The molecule has 0 saturated heterocycles. The summed E-state index contributed by atoms with van der Waals surface area (Å²) in [5, 5.41) is 3.47. The van der Waals surface area contributed by atoms with Crippen LogP contribution < -0.4 is 14.8 Å². The molecule has 112 valence electrons. The van der Waals surface area contributed by atoms with Crippen molar-refractivity contribution in [3.8, 4) is 11.5 Å². The highest BCUT2D eigenvalue weighted by molar-refractivity contribution is 5.31. The summed E-state index contributed by atoms with van der Waals surface area (Å²) in [7, 11) is 1.70. The van der Waals surface area contributed by atoms with Gasteiger partial charge in [0.1, 0.15) is 17.6 Å². The Morgan fingerprint density at radius 2 is 1.90 bits per heavy atom. The van der Waals surface area contributed by atoms with E-state index in [-0.39, 0.29) is 6.10 Å². The van der Waals surface area contributed by atoms with Gasteiger partial charge in [-0.15, -0.1) is 0 Å². The van der Waals surface area contributed by atoms with Gasteiger partial charge < -0.3 is 19.5 Å². The third kappa shape index (κ3) is 5.39. The molecule has 1 aromatic carbocycles. The third-order valence-corrected chi connectivity index (χ3v) is 3.16. The Morgan fingerprint density at radius 3 is 2.50 bits per heavy atom. The van der Waals surface area contributed by atoms with Crippen molar-refractivity contribution >= 4 is 0 Å². The average molecular weight is 279 g/mol. The summed E-state index contributed by atoms with van der Waals surface area (Å²) >= 11 is 0. The molecule has 1 saturated carbocycles. The van der Waals surface area contributed by atoms with Gasteiger partial charge in [-0.1, -0.05) is 6.92 Å². The van der Waals surface area contributed by atoms with Crippen molar-refractivity contribution in [2.24, 2.45) is 0 Å². The lowest BCUT2D eigenvalue weighted by molar-refractivity contribution is 0.0803. The van der Waals surface area contributed by atoms with Gasteiger partial charge >= 0.3 is 0 Å². The molecule has 1 unspecified atom stereocenters. The summed E-state index contributed by atoms with van der Waals surface area (Å²) in [4.78, 5) is 0. The van der Waals surface area contributed by atoms with E-state index in [2.05, 4.69) is 12.2 Å². The van der Waals surface area contributed by atoms with E-state index in [1.165, 1.54) is 12.8 Å². The Kier molecular flexibility index (Phi) is 6.15. The van der Waals surface area contributed by atoms with Crippen molar-refractivity contribution in [2.75, 3.05) is 26.9 Å². The summed E-state index contributed by atoms with van der Waals surface area (Å²) in [6.07, 6.45) is 3.62. The molecule has 0 radical (unpaired) electrons. The largest absolute Gasteiger partial charge is 0.494 e. The molecule has 20 heavy (non-hydrogen) atoms. The number of benzene rings is 1. The molecule has 0 spiro atoms. The Bertz CT molecular complexity index is 376. The van der Waals surface area contributed by atoms with E-state index >= 15 is 0 Å². The van der Waals surface area contributed by atoms with Crippen LogP contribution in [0.5, 0.6) is 11.5 Å². The van der Waals surface area contributed by atoms with Crippen LogP contribution in [0.1, 0.15) is 26.2 Å². The molecule has 1 N–H and O–H groups in total. The summed E-state index contributed by atoms with van der Waals surface area (Å²) < 4.78 is 16.7. The lowest BCUT2D eigenvalue weighted by Gasteiger charge is -2.19. The van der Waals surface area contributed by atoms with Crippen LogP contribution in [0.25, 0.3) is 0 Å². The van der Waals surface area contributed by atoms with Crippen LogP contribution in [-0.4, -0.2) is 39.0 Å². The van der Waals surface area contributed by atoms with Crippen LogP contribution in [0, 0.1) is 0 Å². The van der Waals surface area contributed by atoms with Crippen LogP contribution in [-0.2, 0) is 4.74 Å². The molecule has 0 heterocycles. The summed E-state index contributed by atoms with van der Waals surface area (Å²) in [6.45, 7) is 4.26. The van der Waals surface area contributed by atoms with Gasteiger partial charge in [-0.25, -0.2) is 0 Å². The van der Waals surface area contributed by atoms with Crippen molar-refractivity contribution in [3.05, 3.63) is 24.3 Å². The molecule has 1 aliphatic carbocycles. The van der Waals surface area contributed by atoms with E-state index in [9.17, 15) is 0 Å². The van der Waals surface area contributed by atoms with E-state index in [0.29, 0.717) is 12.6 Å². The second-order valence-electron chi connectivity index (χ2n) is 5.20. The molecule has 1 fully saturated rings. The highest BCUT2D eigenvalue weighted by atomic mass is 16.5. The topological polar surface area (TPSA) is 39.7 Å². The normalized spacial score (nSPS) is 15.9. The zero-order chi connectivity index (χ0) is 14.2. The van der Waals surface area contributed by atoms with E-state index in [1.54, 1.807) is 7.11 Å². The number of methoxy groups -OCH3 is 1. The van der Waals surface area contributed by atoms with Crippen LogP contribution in [0.4, 0.5) is 0 Å². The van der Waals surface area contributed by atoms with Crippen molar-refractivity contribution in [2.45, 2.75) is 38.3 Å². The maximum atomic E-state index is 5.95. The quantitative estimate of drug-likeness (QED) is 0.714. The monoisotopic (exact) mass is 279 g/mol. The second-order valence-corrected chi connectivity index (χ2v) is 5.20. The zero-order valence-electron chi connectivity index (χ0n) is 12.4. The SMILES string of the molecule is CCCOc1ccc(OC(CNC2CC2)COC)cc1. The second kappa shape index (κ2) is 8.12. The van der Waals surface area contributed by atoms with Gasteiger partial charge in [0.15, 0.2) is 0 Å². The summed E-state index contributed by atoms with van der Waals surface area (Å²) in [5.74, 6) is 1.74. The van der Waals surface area contributed by atoms with E-state index in [0.717, 1.165) is 31.1 Å². The van der Waals surface area contributed by atoms with Crippen molar-refractivity contribution < 1.29 is 14.2 Å². The minimum atomic E-state index is 0.0445. The van der Waals surface area contributed by atoms with Gasteiger partial charge in [-0.05, 0) is 43.5 Å². The number of hydrogen-bond donors (Lipinski definition) is 1. The predicted molar refractivity (Wildman–Crippen MR) is 79.5 cm³/mol. The summed E-state index contributed by atoms with van der Waals surface area (Å²) in [6, 6.07) is 8.48. The maximum Gasteiger partial charge on any atom is 0.134 e. The Morgan fingerprint density at radius 1 is 1.20 bits per heavy atom. The smallest absolute Gasteiger partial charge is 0.134 e. The van der Waals surface area contributed by atoms with Gasteiger partial charge in [0.05, 0.1) is 13.2 Å². The van der Waals surface area contributed by atoms with Crippen LogP contribution in [0.2, 0.25) is 0 Å². The minimum absolute atomic E-state index is 0.0445. The molecule has 4 nitrogen and oxygen atoms in total. The molecule has 0 aromatic heterocycles. The molecule has 0 amide bonds. The maximum absolute atomic E-state index is 5.95. The molecular formula is C16H25NO3. The van der Waals surface area contributed by atoms with Crippen LogP contribution >= 0.6 is 0 Å². The molecule has 1 atom stereocenters. The number of ether oxygens (including phenoxy) is 3. The van der Waals surface area contributed by atoms with Crippen LogP contribution in [0.15, 0.2) is 24.3 Å². The number of hydrogen-bond acceptors (Lipinski definition) is 4. The fourth-order valence-corrected chi connectivity index (χ4v) is 1.93. The fourth-order valence-electron chi connectivity index (χ4n) is 1.93. The van der Waals surface area contributed by atoms with E-state index < -0.39 is 0 Å². The third-order valence-electron chi connectivity index (χ3n) is 3.16. The molecule has 0 aliphatic heterocycles. The Labute approximate surface area is 121 Å². The van der Waals surface area contributed by atoms with Gasteiger partial charge in [0.2, 0.25) is 0 Å². The van der Waals surface area contributed by atoms with Gasteiger partial charge in [-0.2, -0.15) is 0 Å². The van der Waals surface area contributed by atoms with Gasteiger partial charge in [-0.3, -0.25) is 0 Å². The van der Waals surface area contributed by atoms with Crippen molar-refractivity contribution in [3.63, 3.8) is 0 Å². The predicted octanol–water partition coefficient (Wildman–Crippen LogP) is 2.62. The van der Waals surface area contributed by atoms with Gasteiger partial charge in [0.25, 0.3) is 0 Å². The van der Waals surface area contributed by atoms with Gasteiger partial charge in [0, 0.05) is 19.7 Å². The first-order valence-corrected chi connectivity index (χ1v) is 7.43. The highest BCUT2D eigenvalue weighted by Gasteiger charge is 2.22. The fraction of sp³-hybridized carbons (Fsp3) is 0.625. The Hall–Kier alpha value is -1.26. The first-order chi connectivity index (χ1) is 9.81. The number of nitrogens with one attached hydrogen (secondary N) is 1. The standard InChI is InChI=1S/C16H25NO3/c1-3-10-19-14-6-8-15(9-7-14)20-16(12-18-2)11-17-13-4-5-13/h6-9,13,16-17H,3-5,10-12H2,1-2H3. The lowest BCUT2D eigenvalue weighted by atomic mass is 10.3. The Balaban J connectivity index is 1.81. The highest BCUT2D eigenvalue weighted by Crippen LogP contribution is 2.20. The molecular weight excluding hydrogens is 254 g/mol. The molecule has 0 bridgehead atoms. The summed E-state index contributed by atoms with van der Waals surface area (Å²) in [5.41, 5.74) is 0. The van der Waals surface area contributed by atoms with Crippen molar-refractivity contribution in [1.29, 1.82) is 0 Å². The lowest BCUT2D eigenvalue weighted by Crippen LogP contribution is -2.35. The van der Waals surface area contributed by atoms with E-state index in [4.69, 9.17) is 14.2 Å². The molecule has 2 rings (SSSR count). The minimum Gasteiger partial charge on any atom is -0.494 e. The first kappa shape index (κ1) is 15.1. The van der Waals surface area contributed by atoms with Crippen molar-refractivity contribution in [1.82, 2.24) is 5.32 Å². The molecule has 1 aromatic rings. The number of rotatable bonds is 10. The molecule has 4 heteroatoms. The average Bonchev–Trinajstić information content (AvgIpc) is 3.28. The van der Waals surface area contributed by atoms with Crippen LogP contribution in [0.3, 0.4) is 0 Å². The first-order valence-electron chi connectivity index (χ1n) is 7.43.